The molecule has 6 unspecified atom stereocenters. The van der Waals surface area contributed by atoms with Crippen molar-refractivity contribution in [2.75, 3.05) is 13.2 Å². The van der Waals surface area contributed by atoms with Gasteiger partial charge in [0.1, 0.15) is 24.9 Å². The van der Waals surface area contributed by atoms with Gasteiger partial charge in [0, 0.05) is 17.4 Å². The molecule has 0 aromatic carbocycles. The molecule has 2 N–H and O–H groups in total. The molecular weight excluding hydrogens is 332 g/mol. The lowest BCUT2D eigenvalue weighted by molar-refractivity contribution is -0.210. The smallest absolute Gasteiger partial charge is 0.333 e. The largest absolute Gasteiger partial charge is 0.461 e. The molecule has 0 aromatic rings. The number of aliphatic hydroxyl groups excluding tert-OH is 2. The molecule has 6 atom stereocenters. The van der Waals surface area contributed by atoms with Crippen molar-refractivity contribution >= 4 is 17.9 Å². The second kappa shape index (κ2) is 6.27. The van der Waals surface area contributed by atoms with Crippen LogP contribution in [0.5, 0.6) is 0 Å². The monoisotopic (exact) mass is 352 g/mol. The van der Waals surface area contributed by atoms with E-state index in [1.54, 1.807) is 0 Å². The highest BCUT2D eigenvalue weighted by Crippen LogP contribution is 2.54. The van der Waals surface area contributed by atoms with E-state index in [9.17, 15) is 19.5 Å². The number of carbonyl (C=O) groups is 3. The third-order valence-corrected chi connectivity index (χ3v) is 5.34. The molecule has 136 valence electrons. The van der Waals surface area contributed by atoms with Gasteiger partial charge in [0.15, 0.2) is 0 Å². The average Bonchev–Trinajstić information content (AvgIpc) is 2.95. The minimum Gasteiger partial charge on any atom is -0.461 e. The fraction of sp³-hybridized carbons (Fsp3) is 0.588. The predicted octanol–water partition coefficient (Wildman–Crippen LogP) is -0.512. The zero-order valence-electron chi connectivity index (χ0n) is 13.6. The number of ether oxygens (including phenoxy) is 3. The van der Waals surface area contributed by atoms with Gasteiger partial charge in [0.2, 0.25) is 0 Å². The van der Waals surface area contributed by atoms with E-state index in [0.29, 0.717) is 0 Å². The normalized spacial score (nSPS) is 39.8. The number of esters is 3. The third-order valence-electron chi connectivity index (χ3n) is 5.34. The maximum Gasteiger partial charge on any atom is 0.333 e. The first-order valence-electron chi connectivity index (χ1n) is 8.03. The summed E-state index contributed by atoms with van der Waals surface area (Å²) in [7, 11) is 0. The third kappa shape index (κ3) is 2.56. The van der Waals surface area contributed by atoms with Gasteiger partial charge in [0.25, 0.3) is 0 Å². The van der Waals surface area contributed by atoms with Gasteiger partial charge < -0.3 is 24.4 Å². The molecule has 1 saturated carbocycles. The SMILES string of the molecule is C=CC12COC(=O)C(=C)C1C1OC(=O)CC1C(OC(=O)CCO)C2O. The van der Waals surface area contributed by atoms with E-state index in [-0.39, 0.29) is 25.0 Å². The standard InChI is InChI=1S/C17H20O8/c1-3-17-7-23-16(22)8(2)12(17)13-9(6-11(20)25-13)14(15(17)21)24-10(19)4-5-18/h3,9,12-15,18,21H,1-2,4-7H2. The molecule has 0 spiro atoms. The van der Waals surface area contributed by atoms with Crippen molar-refractivity contribution in [3.8, 4) is 0 Å². The van der Waals surface area contributed by atoms with E-state index >= 15 is 0 Å². The van der Waals surface area contributed by atoms with E-state index in [1.807, 2.05) is 0 Å². The van der Waals surface area contributed by atoms with Gasteiger partial charge in [-0.1, -0.05) is 12.7 Å². The van der Waals surface area contributed by atoms with Crippen molar-refractivity contribution in [1.82, 2.24) is 0 Å². The van der Waals surface area contributed by atoms with Crippen LogP contribution in [0.2, 0.25) is 0 Å². The van der Waals surface area contributed by atoms with Crippen molar-refractivity contribution in [3.05, 3.63) is 24.8 Å². The highest BCUT2D eigenvalue weighted by atomic mass is 16.6. The summed E-state index contributed by atoms with van der Waals surface area (Å²) < 4.78 is 15.8. The van der Waals surface area contributed by atoms with Gasteiger partial charge in [-0.2, -0.15) is 0 Å². The van der Waals surface area contributed by atoms with Crippen LogP contribution < -0.4 is 0 Å². The first kappa shape index (κ1) is 17.6. The number of aliphatic hydroxyl groups is 2. The summed E-state index contributed by atoms with van der Waals surface area (Å²) >= 11 is 0. The van der Waals surface area contributed by atoms with Crippen molar-refractivity contribution in [2.24, 2.45) is 17.3 Å². The van der Waals surface area contributed by atoms with Crippen LogP contribution in [-0.4, -0.2) is 59.6 Å². The minimum absolute atomic E-state index is 0.0507. The summed E-state index contributed by atoms with van der Waals surface area (Å²) in [6, 6.07) is 0. The maximum absolute atomic E-state index is 11.9. The molecule has 8 nitrogen and oxygen atoms in total. The Balaban J connectivity index is 2.02. The Morgan fingerprint density at radius 1 is 1.44 bits per heavy atom. The van der Waals surface area contributed by atoms with Crippen LogP contribution >= 0.6 is 0 Å². The Kier molecular flexibility index (Phi) is 4.42. The fourth-order valence-electron chi connectivity index (χ4n) is 4.11. The average molecular weight is 352 g/mol. The molecule has 0 radical (unpaired) electrons. The van der Waals surface area contributed by atoms with Crippen LogP contribution in [0.15, 0.2) is 24.8 Å². The lowest BCUT2D eigenvalue weighted by Gasteiger charge is -2.54. The number of carbonyl (C=O) groups excluding carboxylic acids is 3. The number of hydrogen-bond donors (Lipinski definition) is 2. The summed E-state index contributed by atoms with van der Waals surface area (Å²) in [5, 5.41) is 19.8. The maximum atomic E-state index is 11.9. The molecule has 2 aliphatic heterocycles. The summed E-state index contributed by atoms with van der Waals surface area (Å²) in [4.78, 5) is 35.7. The van der Waals surface area contributed by atoms with E-state index in [0.717, 1.165) is 0 Å². The van der Waals surface area contributed by atoms with Gasteiger partial charge in [0.05, 0.1) is 24.9 Å². The molecule has 3 aliphatic rings. The molecule has 8 heteroatoms. The highest BCUT2D eigenvalue weighted by Gasteiger charge is 2.66. The molecule has 25 heavy (non-hydrogen) atoms. The van der Waals surface area contributed by atoms with E-state index < -0.39 is 60.1 Å². The molecule has 3 fully saturated rings. The number of rotatable bonds is 4. The van der Waals surface area contributed by atoms with Gasteiger partial charge in [-0.05, 0) is 0 Å². The van der Waals surface area contributed by atoms with Crippen LogP contribution in [0, 0.1) is 17.3 Å². The predicted molar refractivity (Wildman–Crippen MR) is 81.8 cm³/mol. The highest BCUT2D eigenvalue weighted by molar-refractivity contribution is 5.90. The van der Waals surface area contributed by atoms with Gasteiger partial charge in [-0.25, -0.2) is 4.79 Å². The Hall–Kier alpha value is -2.19. The minimum atomic E-state index is -1.27. The first-order chi connectivity index (χ1) is 11.9. The number of hydrogen-bond acceptors (Lipinski definition) is 8. The van der Waals surface area contributed by atoms with Crippen molar-refractivity contribution < 1.29 is 38.8 Å². The Bertz CT molecular complexity index is 641. The Labute approximate surface area is 144 Å². The second-order valence-corrected chi connectivity index (χ2v) is 6.59. The fourth-order valence-corrected chi connectivity index (χ4v) is 4.11. The van der Waals surface area contributed by atoms with E-state index in [1.165, 1.54) is 6.08 Å². The van der Waals surface area contributed by atoms with Crippen LogP contribution in [0.25, 0.3) is 0 Å². The summed E-state index contributed by atoms with van der Waals surface area (Å²) in [5.41, 5.74) is -1.09. The van der Waals surface area contributed by atoms with Crippen molar-refractivity contribution in [1.29, 1.82) is 0 Å². The molecule has 2 heterocycles. The first-order valence-corrected chi connectivity index (χ1v) is 8.03. The topological polar surface area (TPSA) is 119 Å². The number of cyclic esters (lactones) is 1. The molecular formula is C17H20O8. The zero-order chi connectivity index (χ0) is 18.4. The van der Waals surface area contributed by atoms with Crippen LogP contribution in [0.1, 0.15) is 12.8 Å². The summed E-state index contributed by atoms with van der Waals surface area (Å²) in [6.07, 6.45) is -1.93. The summed E-state index contributed by atoms with van der Waals surface area (Å²) in [6.45, 7) is 6.90. The molecule has 0 amide bonds. The van der Waals surface area contributed by atoms with Gasteiger partial charge >= 0.3 is 17.9 Å². The quantitative estimate of drug-likeness (QED) is 0.300. The van der Waals surface area contributed by atoms with Crippen LogP contribution in [0.3, 0.4) is 0 Å². The van der Waals surface area contributed by atoms with E-state index in [2.05, 4.69) is 13.2 Å². The van der Waals surface area contributed by atoms with Gasteiger partial charge in [-0.3, -0.25) is 9.59 Å². The molecule has 0 aromatic heterocycles. The van der Waals surface area contributed by atoms with Gasteiger partial charge in [-0.15, -0.1) is 6.58 Å². The number of fused-ring (bicyclic) bond motifs is 3. The van der Waals surface area contributed by atoms with E-state index in [4.69, 9.17) is 19.3 Å². The zero-order valence-corrected chi connectivity index (χ0v) is 13.6. The lowest BCUT2D eigenvalue weighted by Crippen LogP contribution is -2.65. The summed E-state index contributed by atoms with van der Waals surface area (Å²) in [5.74, 6) is -3.14. The Morgan fingerprint density at radius 3 is 2.80 bits per heavy atom. The molecule has 1 aliphatic carbocycles. The molecule has 3 rings (SSSR count). The van der Waals surface area contributed by atoms with Crippen LogP contribution in [0.4, 0.5) is 0 Å². The van der Waals surface area contributed by atoms with Crippen LogP contribution in [-0.2, 0) is 28.6 Å². The van der Waals surface area contributed by atoms with Crippen molar-refractivity contribution in [2.45, 2.75) is 31.2 Å². The molecule has 2 saturated heterocycles. The van der Waals surface area contributed by atoms with Crippen molar-refractivity contribution in [3.63, 3.8) is 0 Å². The Morgan fingerprint density at radius 2 is 2.16 bits per heavy atom. The second-order valence-electron chi connectivity index (χ2n) is 6.59. The lowest BCUT2D eigenvalue weighted by atomic mass is 9.56. The molecule has 0 bridgehead atoms.